The van der Waals surface area contributed by atoms with Gasteiger partial charge in [-0.1, -0.05) is 30.3 Å². The zero-order valence-electron chi connectivity index (χ0n) is 8.30. The van der Waals surface area contributed by atoms with E-state index in [0.717, 1.165) is 12.4 Å². The number of hydrogen-bond donors (Lipinski definition) is 1. The second-order valence-electron chi connectivity index (χ2n) is 3.59. The van der Waals surface area contributed by atoms with Crippen molar-refractivity contribution in [3.63, 3.8) is 0 Å². The summed E-state index contributed by atoms with van der Waals surface area (Å²) >= 11 is 1.68. The highest BCUT2D eigenvalue weighted by Crippen LogP contribution is 2.22. The Bertz CT molecular complexity index is 342. The normalized spacial score (nSPS) is 21.7. The van der Waals surface area contributed by atoms with Crippen LogP contribution in [0.25, 0.3) is 0 Å². The van der Waals surface area contributed by atoms with Crippen LogP contribution in [0.5, 0.6) is 0 Å². The van der Waals surface area contributed by atoms with Crippen molar-refractivity contribution >= 4 is 17.7 Å². The van der Waals surface area contributed by atoms with E-state index in [9.17, 15) is 4.79 Å². The number of nitrogens with zero attached hydrogens (tertiary/aromatic N) is 1. The van der Waals surface area contributed by atoms with Gasteiger partial charge in [-0.3, -0.25) is 9.69 Å². The number of aliphatic carboxylic acids is 1. The molecule has 0 aromatic heterocycles. The fraction of sp³-hybridized carbons (Fsp3) is 0.364. The lowest BCUT2D eigenvalue weighted by Gasteiger charge is -2.19. The van der Waals surface area contributed by atoms with Crippen LogP contribution in [0.4, 0.5) is 0 Å². The van der Waals surface area contributed by atoms with E-state index in [-0.39, 0.29) is 6.04 Å². The third-order valence-electron chi connectivity index (χ3n) is 2.49. The van der Waals surface area contributed by atoms with E-state index in [4.69, 9.17) is 5.11 Å². The molecule has 0 amide bonds. The first-order chi connectivity index (χ1) is 7.27. The Hall–Kier alpha value is -1.00. The molecule has 1 atom stereocenters. The van der Waals surface area contributed by atoms with Gasteiger partial charge in [0.1, 0.15) is 6.04 Å². The van der Waals surface area contributed by atoms with Crippen LogP contribution in [0.15, 0.2) is 30.3 Å². The summed E-state index contributed by atoms with van der Waals surface area (Å²) < 4.78 is 0. The molecular weight excluding hydrogens is 210 g/mol. The van der Waals surface area contributed by atoms with Crippen LogP contribution in [0.3, 0.4) is 0 Å². The molecule has 3 nitrogen and oxygen atoms in total. The fourth-order valence-electron chi connectivity index (χ4n) is 1.68. The van der Waals surface area contributed by atoms with Gasteiger partial charge < -0.3 is 5.11 Å². The molecule has 1 aromatic carbocycles. The number of hydrogen-bond acceptors (Lipinski definition) is 3. The zero-order chi connectivity index (χ0) is 10.7. The largest absolute Gasteiger partial charge is 0.480 e. The number of carbonyl (C=O) groups is 1. The second kappa shape index (κ2) is 4.68. The lowest BCUT2D eigenvalue weighted by molar-refractivity contribution is -0.141. The van der Waals surface area contributed by atoms with E-state index in [0.29, 0.717) is 5.75 Å². The van der Waals surface area contributed by atoms with E-state index in [1.165, 1.54) is 5.56 Å². The SMILES string of the molecule is O=C(O)C1CSCN1Cc1ccccc1. The van der Waals surface area contributed by atoms with Crippen molar-refractivity contribution in [3.05, 3.63) is 35.9 Å². The first-order valence-corrected chi connectivity index (χ1v) is 6.01. The molecule has 1 unspecified atom stereocenters. The first kappa shape index (κ1) is 10.5. The summed E-state index contributed by atoms with van der Waals surface area (Å²) in [6.45, 7) is 0.727. The van der Waals surface area contributed by atoms with E-state index >= 15 is 0 Å². The Balaban J connectivity index is 2.03. The minimum Gasteiger partial charge on any atom is -0.480 e. The summed E-state index contributed by atoms with van der Waals surface area (Å²) in [5, 5.41) is 9.01. The van der Waals surface area contributed by atoms with Crippen LogP contribution in [0, 0.1) is 0 Å². The van der Waals surface area contributed by atoms with Gasteiger partial charge in [0, 0.05) is 18.2 Å². The fourth-order valence-corrected chi connectivity index (χ4v) is 2.87. The van der Waals surface area contributed by atoms with Gasteiger partial charge in [-0.25, -0.2) is 0 Å². The highest BCUT2D eigenvalue weighted by atomic mass is 32.2. The van der Waals surface area contributed by atoms with Crippen LogP contribution in [0.2, 0.25) is 0 Å². The molecule has 1 aromatic rings. The molecule has 1 N–H and O–H groups in total. The molecular formula is C11H13NO2S. The van der Waals surface area contributed by atoms with Crippen molar-refractivity contribution < 1.29 is 9.90 Å². The molecule has 1 saturated heterocycles. The molecule has 2 rings (SSSR count). The summed E-state index contributed by atoms with van der Waals surface area (Å²) in [5.41, 5.74) is 1.17. The van der Waals surface area contributed by atoms with Crippen molar-refractivity contribution in [3.8, 4) is 0 Å². The Labute approximate surface area is 93.1 Å². The van der Waals surface area contributed by atoms with Gasteiger partial charge in [-0.05, 0) is 5.56 Å². The molecule has 0 radical (unpaired) electrons. The van der Waals surface area contributed by atoms with Crippen molar-refractivity contribution in [2.24, 2.45) is 0 Å². The van der Waals surface area contributed by atoms with E-state index in [1.807, 2.05) is 35.2 Å². The Morgan fingerprint density at radius 3 is 2.87 bits per heavy atom. The standard InChI is InChI=1S/C11H13NO2S/c13-11(14)10-7-15-8-12(10)6-9-4-2-1-3-5-9/h1-5,10H,6-8H2,(H,13,14). The van der Waals surface area contributed by atoms with Crippen molar-refractivity contribution in [2.45, 2.75) is 12.6 Å². The Morgan fingerprint density at radius 2 is 2.20 bits per heavy atom. The minimum absolute atomic E-state index is 0.324. The van der Waals surface area contributed by atoms with Crippen molar-refractivity contribution in [1.82, 2.24) is 4.90 Å². The smallest absolute Gasteiger partial charge is 0.321 e. The highest BCUT2D eigenvalue weighted by molar-refractivity contribution is 7.99. The van der Waals surface area contributed by atoms with Crippen molar-refractivity contribution in [2.75, 3.05) is 11.6 Å². The van der Waals surface area contributed by atoms with Gasteiger partial charge in [-0.2, -0.15) is 0 Å². The number of benzene rings is 1. The average molecular weight is 223 g/mol. The molecule has 0 aliphatic carbocycles. The van der Waals surface area contributed by atoms with Gasteiger partial charge in [0.2, 0.25) is 0 Å². The number of thioether (sulfide) groups is 1. The molecule has 4 heteroatoms. The minimum atomic E-state index is -0.712. The average Bonchev–Trinajstić information content (AvgIpc) is 2.67. The molecule has 0 spiro atoms. The van der Waals surface area contributed by atoms with Crippen molar-refractivity contribution in [1.29, 1.82) is 0 Å². The second-order valence-corrected chi connectivity index (χ2v) is 4.59. The van der Waals surface area contributed by atoms with Crippen LogP contribution >= 0.6 is 11.8 Å². The summed E-state index contributed by atoms with van der Waals surface area (Å²) in [7, 11) is 0. The van der Waals surface area contributed by atoms with Crippen LogP contribution in [-0.4, -0.2) is 33.6 Å². The first-order valence-electron chi connectivity index (χ1n) is 4.86. The monoisotopic (exact) mass is 223 g/mol. The molecule has 1 aliphatic heterocycles. The van der Waals surface area contributed by atoms with E-state index in [2.05, 4.69) is 0 Å². The molecule has 1 aliphatic rings. The van der Waals surface area contributed by atoms with Gasteiger partial charge in [-0.15, -0.1) is 11.8 Å². The number of carboxylic acid groups (broad SMARTS) is 1. The lowest BCUT2D eigenvalue weighted by Crippen LogP contribution is -2.37. The maximum atomic E-state index is 10.9. The van der Waals surface area contributed by atoms with Crippen LogP contribution < -0.4 is 0 Å². The predicted octanol–water partition coefficient (Wildman–Crippen LogP) is 1.65. The third-order valence-corrected chi connectivity index (χ3v) is 3.55. The summed E-state index contributed by atoms with van der Waals surface area (Å²) in [4.78, 5) is 12.9. The molecule has 0 bridgehead atoms. The molecule has 80 valence electrons. The number of rotatable bonds is 3. The zero-order valence-corrected chi connectivity index (χ0v) is 9.11. The maximum absolute atomic E-state index is 10.9. The third kappa shape index (κ3) is 2.52. The molecule has 1 heterocycles. The quantitative estimate of drug-likeness (QED) is 0.846. The summed E-state index contributed by atoms with van der Waals surface area (Å²) in [5.74, 6) is 0.796. The predicted molar refractivity (Wildman–Crippen MR) is 60.7 cm³/mol. The topological polar surface area (TPSA) is 40.5 Å². The van der Waals surface area contributed by atoms with Crippen LogP contribution in [0.1, 0.15) is 5.56 Å². The molecule has 1 fully saturated rings. The molecule has 15 heavy (non-hydrogen) atoms. The van der Waals surface area contributed by atoms with Crippen LogP contribution in [-0.2, 0) is 11.3 Å². The Kier molecular flexibility index (Phi) is 3.28. The van der Waals surface area contributed by atoms with Gasteiger partial charge in [0.05, 0.1) is 0 Å². The van der Waals surface area contributed by atoms with Gasteiger partial charge >= 0.3 is 5.97 Å². The number of carboxylic acids is 1. The Morgan fingerprint density at radius 1 is 1.47 bits per heavy atom. The maximum Gasteiger partial charge on any atom is 0.321 e. The summed E-state index contributed by atoms with van der Waals surface area (Å²) in [6.07, 6.45) is 0. The highest BCUT2D eigenvalue weighted by Gasteiger charge is 2.30. The van der Waals surface area contributed by atoms with Gasteiger partial charge in [0.25, 0.3) is 0 Å². The lowest BCUT2D eigenvalue weighted by atomic mass is 10.2. The molecule has 0 saturated carbocycles. The van der Waals surface area contributed by atoms with E-state index in [1.54, 1.807) is 11.8 Å². The van der Waals surface area contributed by atoms with Gasteiger partial charge in [0.15, 0.2) is 0 Å². The summed E-state index contributed by atoms with van der Waals surface area (Å²) in [6, 6.07) is 9.67. The van der Waals surface area contributed by atoms with E-state index < -0.39 is 5.97 Å².